The van der Waals surface area contributed by atoms with E-state index in [4.69, 9.17) is 9.47 Å². The van der Waals surface area contributed by atoms with Gasteiger partial charge in [0.1, 0.15) is 6.04 Å². The van der Waals surface area contributed by atoms with E-state index in [2.05, 4.69) is 10.6 Å². The van der Waals surface area contributed by atoms with E-state index in [1.807, 2.05) is 60.5 Å². The number of carboxylic acids is 1. The van der Waals surface area contributed by atoms with Crippen molar-refractivity contribution in [2.45, 2.75) is 137 Å². The number of nitrogens with one attached hydrogen (secondary N) is 2. The predicted molar refractivity (Wildman–Crippen MR) is 194 cm³/mol. The minimum Gasteiger partial charge on any atom is -0.481 e. The predicted octanol–water partition coefficient (Wildman–Crippen LogP) is 3.25. The molecule has 10 atom stereocenters. The molecule has 0 spiro atoms. The lowest BCUT2D eigenvalue weighted by Crippen LogP contribution is -2.59. The standard InChI is InChI=1S/C37H69N5O8/c1-15-23(6)32(41(12)36(46)30(21(2)3)39-35(45)31(22(4)5)40(10)11)28(49-13)20-29(43)42-18-16-17-27(42)33(50-14)26(9)34(44)38-25(8)19-24(7)37(47)48/h21-28,30-33H,15-20H2,1-14H3,(H,38,44)(H,39,45)(H,47,48). The van der Waals surface area contributed by atoms with Crippen LogP contribution in [0.5, 0.6) is 0 Å². The van der Waals surface area contributed by atoms with Gasteiger partial charge in [0.25, 0.3) is 0 Å². The molecule has 1 saturated heterocycles. The molecule has 13 nitrogen and oxygen atoms in total. The summed E-state index contributed by atoms with van der Waals surface area (Å²) in [7, 11) is 8.51. The summed E-state index contributed by atoms with van der Waals surface area (Å²) in [6.45, 7) is 17.5. The van der Waals surface area contributed by atoms with Gasteiger partial charge in [-0.2, -0.15) is 0 Å². The van der Waals surface area contributed by atoms with Gasteiger partial charge >= 0.3 is 5.97 Å². The van der Waals surface area contributed by atoms with Gasteiger partial charge in [0.15, 0.2) is 0 Å². The van der Waals surface area contributed by atoms with E-state index < -0.39 is 48.1 Å². The van der Waals surface area contributed by atoms with Crippen molar-refractivity contribution in [2.24, 2.45) is 29.6 Å². The van der Waals surface area contributed by atoms with Crippen LogP contribution in [0.1, 0.15) is 94.4 Å². The number of hydrogen-bond acceptors (Lipinski definition) is 8. The van der Waals surface area contributed by atoms with Gasteiger partial charge in [0.2, 0.25) is 23.6 Å². The van der Waals surface area contributed by atoms with Gasteiger partial charge < -0.3 is 35.0 Å². The number of ether oxygens (including phenoxy) is 2. The molecule has 1 aliphatic heterocycles. The molecule has 0 aromatic heterocycles. The monoisotopic (exact) mass is 712 g/mol. The van der Waals surface area contributed by atoms with Crippen molar-refractivity contribution in [2.75, 3.05) is 41.9 Å². The van der Waals surface area contributed by atoms with E-state index in [9.17, 15) is 29.1 Å². The van der Waals surface area contributed by atoms with E-state index in [0.717, 1.165) is 12.8 Å². The van der Waals surface area contributed by atoms with E-state index in [1.54, 1.807) is 44.7 Å². The highest BCUT2D eigenvalue weighted by atomic mass is 16.5. The Morgan fingerprint density at radius 1 is 0.880 bits per heavy atom. The molecule has 0 aromatic carbocycles. The number of rotatable bonds is 21. The second kappa shape index (κ2) is 20.9. The summed E-state index contributed by atoms with van der Waals surface area (Å²) in [5, 5.41) is 15.2. The van der Waals surface area contributed by atoms with Crippen molar-refractivity contribution in [1.29, 1.82) is 0 Å². The number of likely N-dealkylation sites (N-methyl/N-ethyl adjacent to an activating group) is 2. The molecule has 0 radical (unpaired) electrons. The lowest BCUT2D eigenvalue weighted by Gasteiger charge is -2.41. The van der Waals surface area contributed by atoms with Crippen molar-refractivity contribution in [1.82, 2.24) is 25.3 Å². The summed E-state index contributed by atoms with van der Waals surface area (Å²) in [4.78, 5) is 71.4. The Labute approximate surface area is 301 Å². The summed E-state index contributed by atoms with van der Waals surface area (Å²) in [6, 6.07) is -2.30. The molecule has 0 saturated carbocycles. The Balaban J connectivity index is 3.23. The van der Waals surface area contributed by atoms with Gasteiger partial charge in [0, 0.05) is 33.9 Å². The van der Waals surface area contributed by atoms with Crippen LogP contribution in [0, 0.1) is 29.6 Å². The maximum Gasteiger partial charge on any atom is 0.306 e. The minimum atomic E-state index is -0.916. The molecule has 1 aliphatic rings. The highest BCUT2D eigenvalue weighted by Gasteiger charge is 2.43. The summed E-state index contributed by atoms with van der Waals surface area (Å²) < 4.78 is 11.8. The maximum atomic E-state index is 14.2. The first-order valence-electron chi connectivity index (χ1n) is 18.4. The largest absolute Gasteiger partial charge is 0.481 e. The molecular weight excluding hydrogens is 642 g/mol. The smallest absolute Gasteiger partial charge is 0.306 e. The molecule has 50 heavy (non-hydrogen) atoms. The Bertz CT molecular complexity index is 1110. The molecule has 4 amide bonds. The highest BCUT2D eigenvalue weighted by molar-refractivity contribution is 5.90. The molecule has 0 aromatic rings. The third kappa shape index (κ3) is 12.2. The van der Waals surface area contributed by atoms with Crippen LogP contribution in [0.25, 0.3) is 0 Å². The highest BCUT2D eigenvalue weighted by Crippen LogP contribution is 2.30. The molecule has 10 unspecified atom stereocenters. The van der Waals surface area contributed by atoms with Crippen molar-refractivity contribution < 1.29 is 38.6 Å². The van der Waals surface area contributed by atoms with E-state index in [0.29, 0.717) is 19.4 Å². The van der Waals surface area contributed by atoms with Crippen LogP contribution in [0.3, 0.4) is 0 Å². The molecule has 1 rings (SSSR count). The summed E-state index contributed by atoms with van der Waals surface area (Å²) in [5.74, 6) is -3.11. The molecule has 0 aliphatic carbocycles. The van der Waals surface area contributed by atoms with Crippen LogP contribution in [-0.4, -0.2) is 134 Å². The number of amides is 4. The van der Waals surface area contributed by atoms with Crippen molar-refractivity contribution in [3.05, 3.63) is 0 Å². The summed E-state index contributed by atoms with van der Waals surface area (Å²) >= 11 is 0. The number of carbonyl (C=O) groups excluding carboxylic acids is 4. The first-order chi connectivity index (χ1) is 23.2. The van der Waals surface area contributed by atoms with Crippen LogP contribution in [-0.2, 0) is 33.4 Å². The van der Waals surface area contributed by atoms with Gasteiger partial charge in [0.05, 0.1) is 48.6 Å². The topological polar surface area (TPSA) is 158 Å². The van der Waals surface area contributed by atoms with E-state index in [-0.39, 0.29) is 59.9 Å². The first kappa shape index (κ1) is 45.3. The quantitative estimate of drug-likeness (QED) is 0.163. The number of carboxylic acid groups (broad SMARTS) is 1. The van der Waals surface area contributed by atoms with Crippen LogP contribution in [0.15, 0.2) is 0 Å². The van der Waals surface area contributed by atoms with E-state index >= 15 is 0 Å². The van der Waals surface area contributed by atoms with Crippen LogP contribution in [0.4, 0.5) is 0 Å². The summed E-state index contributed by atoms with van der Waals surface area (Å²) in [5.41, 5.74) is 0. The fourth-order valence-electron chi connectivity index (χ4n) is 7.48. The summed E-state index contributed by atoms with van der Waals surface area (Å²) in [6.07, 6.45) is 1.27. The number of likely N-dealkylation sites (tertiary alicyclic amines) is 1. The molecule has 0 bridgehead atoms. The molecule has 3 N–H and O–H groups in total. The first-order valence-corrected chi connectivity index (χ1v) is 18.4. The third-order valence-electron chi connectivity index (χ3n) is 10.5. The van der Waals surface area contributed by atoms with Crippen molar-refractivity contribution >= 4 is 29.6 Å². The van der Waals surface area contributed by atoms with Gasteiger partial charge in [-0.25, -0.2) is 0 Å². The van der Waals surface area contributed by atoms with Crippen molar-refractivity contribution in [3.8, 4) is 0 Å². The average molecular weight is 712 g/mol. The Morgan fingerprint density at radius 2 is 1.48 bits per heavy atom. The molecule has 290 valence electrons. The lowest BCUT2D eigenvalue weighted by atomic mass is 9.89. The van der Waals surface area contributed by atoms with Gasteiger partial charge in [-0.1, -0.05) is 61.8 Å². The zero-order chi connectivity index (χ0) is 38.6. The van der Waals surface area contributed by atoms with Gasteiger partial charge in [-0.05, 0) is 58.0 Å². The van der Waals surface area contributed by atoms with Crippen molar-refractivity contribution in [3.63, 3.8) is 0 Å². The maximum absolute atomic E-state index is 14.2. The van der Waals surface area contributed by atoms with Crippen LogP contribution < -0.4 is 10.6 Å². The normalized spacial score (nSPS) is 20.4. The Morgan fingerprint density at radius 3 is 1.94 bits per heavy atom. The molecular formula is C37H69N5O8. The second-order valence-electron chi connectivity index (χ2n) is 15.4. The average Bonchev–Trinajstić information content (AvgIpc) is 3.51. The number of nitrogens with zero attached hydrogens (tertiary/aromatic N) is 3. The Hall–Kier alpha value is -2.77. The zero-order valence-electron chi connectivity index (χ0n) is 33.3. The SMILES string of the molecule is CCC(C)C(C(CC(=O)N1CCCC1C(OC)C(C)C(=O)NC(C)CC(C)C(=O)O)OC)N(C)C(=O)C(NC(=O)C(C(C)C)N(C)C)C(C)C. The fourth-order valence-corrected chi connectivity index (χ4v) is 7.48. The molecule has 13 heteroatoms. The fraction of sp³-hybridized carbons (Fsp3) is 0.865. The lowest BCUT2D eigenvalue weighted by molar-refractivity contribution is -0.148. The number of methoxy groups -OCH3 is 2. The van der Waals surface area contributed by atoms with Crippen LogP contribution in [0.2, 0.25) is 0 Å². The van der Waals surface area contributed by atoms with Crippen LogP contribution >= 0.6 is 0 Å². The minimum absolute atomic E-state index is 0.0222. The number of hydrogen-bond donors (Lipinski definition) is 3. The van der Waals surface area contributed by atoms with E-state index in [1.165, 1.54) is 7.11 Å². The number of carbonyl (C=O) groups is 5. The molecule has 1 fully saturated rings. The van der Waals surface area contributed by atoms with Gasteiger partial charge in [-0.3, -0.25) is 28.9 Å². The Kier molecular flexibility index (Phi) is 18.9. The number of aliphatic carboxylic acids is 1. The zero-order valence-corrected chi connectivity index (χ0v) is 33.3. The second-order valence-corrected chi connectivity index (χ2v) is 15.4. The van der Waals surface area contributed by atoms with Gasteiger partial charge in [-0.15, -0.1) is 0 Å². The third-order valence-corrected chi connectivity index (χ3v) is 10.5. The molecule has 1 heterocycles.